The average Bonchev–Trinajstić information content (AvgIpc) is 2.40. The van der Waals surface area contributed by atoms with Crippen LogP contribution >= 0.6 is 0 Å². The van der Waals surface area contributed by atoms with Gasteiger partial charge >= 0.3 is 0 Å². The fourth-order valence-electron chi connectivity index (χ4n) is 1.71. The number of aromatic nitrogens is 2. The first-order valence-electron chi connectivity index (χ1n) is 6.93. The van der Waals surface area contributed by atoms with Crippen molar-refractivity contribution in [1.29, 1.82) is 0 Å². The van der Waals surface area contributed by atoms with Gasteiger partial charge in [0.1, 0.15) is 6.61 Å². The molecule has 0 amide bonds. The second-order valence-electron chi connectivity index (χ2n) is 4.34. The molecule has 0 aliphatic heterocycles. The number of hydrogen-bond donors (Lipinski definition) is 1. The monoisotopic (exact) mass is 251 g/mol. The van der Waals surface area contributed by atoms with Crippen LogP contribution in [-0.2, 0) is 24.3 Å². The second kappa shape index (κ2) is 9.00. The lowest BCUT2D eigenvalue weighted by atomic mass is 10.2. The van der Waals surface area contributed by atoms with Gasteiger partial charge in [-0.2, -0.15) is 0 Å². The predicted molar refractivity (Wildman–Crippen MR) is 73.4 cm³/mol. The molecule has 0 bridgehead atoms. The van der Waals surface area contributed by atoms with Crippen molar-refractivity contribution in [3.8, 4) is 0 Å². The van der Waals surface area contributed by atoms with Crippen molar-refractivity contribution in [3.05, 3.63) is 23.3 Å². The molecule has 0 aliphatic carbocycles. The minimum atomic E-state index is 0.517. The van der Waals surface area contributed by atoms with Gasteiger partial charge in [-0.15, -0.1) is 0 Å². The molecule has 4 heteroatoms. The third kappa shape index (κ3) is 5.10. The number of nitrogens with one attached hydrogen (secondary N) is 1. The number of aryl methyl sites for hydroxylation is 1. The van der Waals surface area contributed by atoms with E-state index in [0.717, 1.165) is 50.5 Å². The maximum atomic E-state index is 5.47. The van der Waals surface area contributed by atoms with E-state index in [1.165, 1.54) is 5.56 Å². The van der Waals surface area contributed by atoms with Gasteiger partial charge in [0.05, 0.1) is 0 Å². The van der Waals surface area contributed by atoms with Crippen LogP contribution in [-0.4, -0.2) is 23.1 Å². The smallest absolute Gasteiger partial charge is 0.154 e. The summed E-state index contributed by atoms with van der Waals surface area (Å²) in [4.78, 5) is 8.93. The summed E-state index contributed by atoms with van der Waals surface area (Å²) in [6, 6.07) is 0. The molecule has 0 fully saturated rings. The van der Waals surface area contributed by atoms with Crippen LogP contribution in [0.15, 0.2) is 6.20 Å². The van der Waals surface area contributed by atoms with Gasteiger partial charge in [-0.05, 0) is 25.8 Å². The minimum absolute atomic E-state index is 0.517. The van der Waals surface area contributed by atoms with Crippen molar-refractivity contribution in [3.63, 3.8) is 0 Å². The summed E-state index contributed by atoms with van der Waals surface area (Å²) in [6.07, 6.45) is 5.04. The van der Waals surface area contributed by atoms with E-state index < -0.39 is 0 Å². The first kappa shape index (κ1) is 15.1. The van der Waals surface area contributed by atoms with Crippen LogP contribution in [0.25, 0.3) is 0 Å². The highest BCUT2D eigenvalue weighted by Gasteiger charge is 2.05. The fourth-order valence-corrected chi connectivity index (χ4v) is 1.71. The summed E-state index contributed by atoms with van der Waals surface area (Å²) >= 11 is 0. The molecule has 1 rings (SSSR count). The highest BCUT2D eigenvalue weighted by molar-refractivity contribution is 5.17. The molecule has 1 heterocycles. The van der Waals surface area contributed by atoms with E-state index in [1.807, 2.05) is 6.20 Å². The van der Waals surface area contributed by atoms with E-state index in [1.54, 1.807) is 0 Å². The van der Waals surface area contributed by atoms with Crippen molar-refractivity contribution < 1.29 is 4.74 Å². The molecule has 1 N–H and O–H groups in total. The first-order chi connectivity index (χ1) is 8.81. The van der Waals surface area contributed by atoms with Gasteiger partial charge < -0.3 is 10.1 Å². The molecule has 1 aromatic heterocycles. The third-order valence-corrected chi connectivity index (χ3v) is 2.66. The highest BCUT2D eigenvalue weighted by atomic mass is 16.5. The van der Waals surface area contributed by atoms with Crippen LogP contribution in [0.2, 0.25) is 0 Å². The van der Waals surface area contributed by atoms with E-state index >= 15 is 0 Å². The van der Waals surface area contributed by atoms with Crippen LogP contribution in [0.3, 0.4) is 0 Å². The molecule has 102 valence electrons. The normalized spacial score (nSPS) is 10.8. The summed E-state index contributed by atoms with van der Waals surface area (Å²) in [5, 5.41) is 3.39. The Morgan fingerprint density at radius 3 is 2.72 bits per heavy atom. The zero-order valence-electron chi connectivity index (χ0n) is 11.8. The van der Waals surface area contributed by atoms with Gasteiger partial charge in [-0.1, -0.05) is 20.8 Å². The lowest BCUT2D eigenvalue weighted by Gasteiger charge is -2.09. The van der Waals surface area contributed by atoms with Gasteiger partial charge in [0.15, 0.2) is 5.82 Å². The quantitative estimate of drug-likeness (QED) is 0.685. The molecule has 0 unspecified atom stereocenters. The largest absolute Gasteiger partial charge is 0.373 e. The number of rotatable bonds is 9. The van der Waals surface area contributed by atoms with Crippen LogP contribution in [0.4, 0.5) is 0 Å². The van der Waals surface area contributed by atoms with Crippen molar-refractivity contribution in [1.82, 2.24) is 15.3 Å². The molecular formula is C14H25N3O. The van der Waals surface area contributed by atoms with Gasteiger partial charge in [0.2, 0.25) is 0 Å². The van der Waals surface area contributed by atoms with Gasteiger partial charge in [-0.25, -0.2) is 9.97 Å². The minimum Gasteiger partial charge on any atom is -0.373 e. The van der Waals surface area contributed by atoms with Crippen LogP contribution in [0.1, 0.15) is 50.7 Å². The Morgan fingerprint density at radius 1 is 1.22 bits per heavy atom. The van der Waals surface area contributed by atoms with Crippen LogP contribution in [0.5, 0.6) is 0 Å². The zero-order valence-corrected chi connectivity index (χ0v) is 11.8. The molecule has 1 aromatic rings. The lowest BCUT2D eigenvalue weighted by molar-refractivity contribution is 0.116. The van der Waals surface area contributed by atoms with Crippen molar-refractivity contribution in [2.24, 2.45) is 0 Å². The second-order valence-corrected chi connectivity index (χ2v) is 4.34. The van der Waals surface area contributed by atoms with Crippen LogP contribution < -0.4 is 5.32 Å². The average molecular weight is 251 g/mol. The number of nitrogens with zero attached hydrogens (tertiary/aromatic N) is 2. The Morgan fingerprint density at radius 2 is 2.06 bits per heavy atom. The Kier molecular flexibility index (Phi) is 7.53. The topological polar surface area (TPSA) is 47.0 Å². The molecule has 0 saturated carbocycles. The van der Waals surface area contributed by atoms with Crippen molar-refractivity contribution in [2.45, 2.75) is 53.2 Å². The summed E-state index contributed by atoms with van der Waals surface area (Å²) in [5.74, 6) is 0.791. The van der Waals surface area contributed by atoms with Gasteiger partial charge in [-0.3, -0.25) is 0 Å². The molecule has 0 saturated heterocycles. The van der Waals surface area contributed by atoms with Gasteiger partial charge in [0, 0.05) is 30.6 Å². The number of hydrogen-bond acceptors (Lipinski definition) is 4. The fraction of sp³-hybridized carbons (Fsp3) is 0.714. The maximum absolute atomic E-state index is 5.47. The first-order valence-corrected chi connectivity index (χ1v) is 6.93. The molecular weight excluding hydrogens is 226 g/mol. The van der Waals surface area contributed by atoms with Gasteiger partial charge in [0.25, 0.3) is 0 Å². The Hall–Kier alpha value is -1.00. The molecule has 18 heavy (non-hydrogen) atoms. The molecule has 0 radical (unpaired) electrons. The summed E-state index contributed by atoms with van der Waals surface area (Å²) in [5.41, 5.74) is 2.33. The Balaban J connectivity index is 2.58. The predicted octanol–water partition coefficient (Wildman–Crippen LogP) is 2.47. The maximum Gasteiger partial charge on any atom is 0.154 e. The lowest BCUT2D eigenvalue weighted by Crippen LogP contribution is -2.16. The van der Waals surface area contributed by atoms with E-state index in [-0.39, 0.29) is 0 Å². The Labute approximate surface area is 110 Å². The molecule has 0 aromatic carbocycles. The zero-order chi connectivity index (χ0) is 13.2. The van der Waals surface area contributed by atoms with E-state index in [2.05, 4.69) is 36.1 Å². The van der Waals surface area contributed by atoms with E-state index in [9.17, 15) is 0 Å². The third-order valence-electron chi connectivity index (χ3n) is 2.66. The molecule has 0 atom stereocenters. The molecule has 0 aliphatic rings. The summed E-state index contributed by atoms with van der Waals surface area (Å²) in [6.45, 7) is 9.56. The van der Waals surface area contributed by atoms with Crippen molar-refractivity contribution in [2.75, 3.05) is 13.2 Å². The van der Waals surface area contributed by atoms with Crippen molar-refractivity contribution >= 4 is 0 Å². The van der Waals surface area contributed by atoms with Crippen LogP contribution in [0, 0.1) is 0 Å². The summed E-state index contributed by atoms with van der Waals surface area (Å²) in [7, 11) is 0. The van der Waals surface area contributed by atoms with E-state index in [4.69, 9.17) is 4.74 Å². The number of ether oxygens (including phenoxy) is 1. The standard InChI is InChI=1S/C14H25N3O/c1-4-7-15-9-12-10-16-14(11-18-8-5-2)17-13(12)6-3/h10,15H,4-9,11H2,1-3H3. The Bertz CT molecular complexity index is 342. The summed E-state index contributed by atoms with van der Waals surface area (Å²) < 4.78 is 5.47. The van der Waals surface area contributed by atoms with E-state index in [0.29, 0.717) is 6.61 Å². The molecule has 4 nitrogen and oxygen atoms in total. The SMILES string of the molecule is CCCNCc1cnc(COCCC)nc1CC. The highest BCUT2D eigenvalue weighted by Crippen LogP contribution is 2.07. The molecule has 0 spiro atoms.